The van der Waals surface area contributed by atoms with Crippen molar-refractivity contribution in [2.24, 2.45) is 0 Å². The second kappa shape index (κ2) is 5.74. The Morgan fingerprint density at radius 2 is 1.58 bits per heavy atom. The highest BCUT2D eigenvalue weighted by molar-refractivity contribution is 7.12. The first-order chi connectivity index (χ1) is 9.10. The van der Waals surface area contributed by atoms with E-state index in [0.717, 1.165) is 29.7 Å². The topological polar surface area (TPSA) is 52.6 Å². The van der Waals surface area contributed by atoms with Crippen LogP contribution in [-0.4, -0.2) is 11.9 Å². The van der Waals surface area contributed by atoms with E-state index in [9.17, 15) is 9.59 Å². The van der Waals surface area contributed by atoms with Crippen LogP contribution in [0.2, 0.25) is 0 Å². The summed E-state index contributed by atoms with van der Waals surface area (Å²) in [6.07, 6.45) is 1.59. The summed E-state index contributed by atoms with van der Waals surface area (Å²) in [5.41, 5.74) is 2.47. The van der Waals surface area contributed by atoms with Gasteiger partial charge >= 0.3 is 11.9 Å². The number of thiophene rings is 1. The molecule has 0 atom stereocenters. The molecule has 0 spiro atoms. The number of rotatable bonds is 4. The van der Waals surface area contributed by atoms with Crippen LogP contribution in [-0.2, 0) is 38.3 Å². The summed E-state index contributed by atoms with van der Waals surface area (Å²) in [5.74, 6) is -1.01. The number of esters is 2. The van der Waals surface area contributed by atoms with Crippen molar-refractivity contribution in [2.75, 3.05) is 0 Å². The number of ether oxygens (including phenoxy) is 2. The first kappa shape index (κ1) is 14.1. The molecule has 0 aromatic carbocycles. The molecule has 0 aliphatic carbocycles. The van der Waals surface area contributed by atoms with Crippen molar-refractivity contribution < 1.29 is 19.1 Å². The summed E-state index contributed by atoms with van der Waals surface area (Å²) < 4.78 is 10.3. The molecule has 4 nitrogen and oxygen atoms in total. The predicted molar refractivity (Wildman–Crippen MR) is 72.0 cm³/mol. The minimum absolute atomic E-state index is 0.287. The summed E-state index contributed by atoms with van der Waals surface area (Å²) in [7, 11) is 0. The molecule has 1 aliphatic heterocycles. The average molecular weight is 282 g/mol. The van der Waals surface area contributed by atoms with E-state index in [0.29, 0.717) is 0 Å². The SMILES string of the molecule is CCc1sc(C2OC(=O)CC(=O)O2)c(CC)c1CC. The summed E-state index contributed by atoms with van der Waals surface area (Å²) in [5, 5.41) is 0. The third kappa shape index (κ3) is 2.66. The third-order valence-corrected chi connectivity index (χ3v) is 4.68. The van der Waals surface area contributed by atoms with Crippen molar-refractivity contribution in [2.45, 2.75) is 52.7 Å². The first-order valence-corrected chi connectivity index (χ1v) is 7.44. The van der Waals surface area contributed by atoms with Crippen LogP contribution in [0.3, 0.4) is 0 Å². The van der Waals surface area contributed by atoms with Crippen molar-refractivity contribution >= 4 is 23.3 Å². The Morgan fingerprint density at radius 1 is 1.00 bits per heavy atom. The molecule has 1 aromatic rings. The fourth-order valence-electron chi connectivity index (χ4n) is 2.42. The lowest BCUT2D eigenvalue weighted by atomic mass is 10.0. The fraction of sp³-hybridized carbons (Fsp3) is 0.571. The number of hydrogen-bond donors (Lipinski definition) is 0. The summed E-state index contributed by atoms with van der Waals surface area (Å²) in [6, 6.07) is 0. The number of hydrogen-bond acceptors (Lipinski definition) is 5. The fourth-order valence-corrected chi connectivity index (χ4v) is 3.80. The van der Waals surface area contributed by atoms with E-state index >= 15 is 0 Å². The Bertz CT molecular complexity index is 488. The zero-order chi connectivity index (χ0) is 14.0. The van der Waals surface area contributed by atoms with Gasteiger partial charge in [-0.2, -0.15) is 0 Å². The zero-order valence-electron chi connectivity index (χ0n) is 11.4. The van der Waals surface area contributed by atoms with E-state index in [4.69, 9.17) is 9.47 Å². The summed E-state index contributed by atoms with van der Waals surface area (Å²) in [6.45, 7) is 6.28. The molecule has 1 aromatic heterocycles. The van der Waals surface area contributed by atoms with E-state index in [-0.39, 0.29) is 6.42 Å². The molecule has 1 fully saturated rings. The van der Waals surface area contributed by atoms with Crippen LogP contribution in [0.4, 0.5) is 0 Å². The molecule has 1 aliphatic rings. The van der Waals surface area contributed by atoms with Crippen molar-refractivity contribution in [1.29, 1.82) is 0 Å². The molecule has 0 radical (unpaired) electrons. The van der Waals surface area contributed by atoms with Gasteiger partial charge in [0.05, 0.1) is 4.88 Å². The molecule has 0 amide bonds. The van der Waals surface area contributed by atoms with E-state index in [1.54, 1.807) is 11.3 Å². The van der Waals surface area contributed by atoms with Gasteiger partial charge in [0.1, 0.15) is 6.42 Å². The van der Waals surface area contributed by atoms with Crippen LogP contribution < -0.4 is 0 Å². The molecule has 0 saturated carbocycles. The quantitative estimate of drug-likeness (QED) is 0.629. The van der Waals surface area contributed by atoms with E-state index in [1.165, 1.54) is 10.4 Å². The van der Waals surface area contributed by atoms with Crippen LogP contribution in [0.25, 0.3) is 0 Å². The van der Waals surface area contributed by atoms with E-state index in [2.05, 4.69) is 20.8 Å². The highest BCUT2D eigenvalue weighted by Gasteiger charge is 2.33. The molecule has 2 rings (SSSR count). The van der Waals surface area contributed by atoms with Gasteiger partial charge in [-0.15, -0.1) is 11.3 Å². The largest absolute Gasteiger partial charge is 0.419 e. The van der Waals surface area contributed by atoms with Gasteiger partial charge < -0.3 is 9.47 Å². The van der Waals surface area contributed by atoms with Gasteiger partial charge in [-0.25, -0.2) is 0 Å². The van der Waals surface area contributed by atoms with Crippen LogP contribution >= 0.6 is 11.3 Å². The Balaban J connectivity index is 2.40. The van der Waals surface area contributed by atoms with Crippen LogP contribution in [0, 0.1) is 0 Å². The average Bonchev–Trinajstić information content (AvgIpc) is 2.74. The number of cyclic esters (lactones) is 2. The number of carbonyl (C=O) groups is 2. The normalized spacial score (nSPS) is 16.4. The molecule has 2 heterocycles. The molecule has 0 N–H and O–H groups in total. The maximum atomic E-state index is 11.4. The monoisotopic (exact) mass is 282 g/mol. The van der Waals surface area contributed by atoms with Crippen molar-refractivity contribution in [3.63, 3.8) is 0 Å². The van der Waals surface area contributed by atoms with Gasteiger partial charge in [-0.3, -0.25) is 9.59 Å². The summed E-state index contributed by atoms with van der Waals surface area (Å²) in [4.78, 5) is 24.9. The maximum Gasteiger partial charge on any atom is 0.320 e. The maximum absolute atomic E-state index is 11.4. The first-order valence-electron chi connectivity index (χ1n) is 6.62. The molecule has 0 bridgehead atoms. The lowest BCUT2D eigenvalue weighted by Gasteiger charge is -2.22. The lowest BCUT2D eigenvalue weighted by Crippen LogP contribution is -2.26. The van der Waals surface area contributed by atoms with Gasteiger partial charge in [0.25, 0.3) is 6.29 Å². The predicted octanol–water partition coefficient (Wildman–Crippen LogP) is 2.92. The van der Waals surface area contributed by atoms with Crippen molar-refractivity contribution in [3.05, 3.63) is 20.9 Å². The molecular weight excluding hydrogens is 264 g/mol. The van der Waals surface area contributed by atoms with Gasteiger partial charge in [0, 0.05) is 4.88 Å². The minimum atomic E-state index is -0.848. The second-order valence-corrected chi connectivity index (χ2v) is 5.53. The molecule has 5 heteroatoms. The second-order valence-electron chi connectivity index (χ2n) is 4.40. The summed E-state index contributed by atoms with van der Waals surface area (Å²) >= 11 is 1.59. The molecule has 0 unspecified atom stereocenters. The Kier molecular flexibility index (Phi) is 4.24. The number of aryl methyl sites for hydroxylation is 1. The smallest absolute Gasteiger partial charge is 0.320 e. The van der Waals surface area contributed by atoms with Gasteiger partial charge in [0.15, 0.2) is 0 Å². The van der Waals surface area contributed by atoms with E-state index < -0.39 is 18.2 Å². The molecular formula is C14H18O4S. The molecule has 19 heavy (non-hydrogen) atoms. The van der Waals surface area contributed by atoms with E-state index in [1.807, 2.05) is 0 Å². The van der Waals surface area contributed by atoms with Crippen molar-refractivity contribution in [1.82, 2.24) is 0 Å². The van der Waals surface area contributed by atoms with Crippen LogP contribution in [0.1, 0.15) is 54.4 Å². The zero-order valence-corrected chi connectivity index (χ0v) is 12.3. The minimum Gasteiger partial charge on any atom is -0.419 e. The Labute approximate surface area is 116 Å². The Hall–Kier alpha value is -1.36. The highest BCUT2D eigenvalue weighted by Crippen LogP contribution is 2.38. The Morgan fingerprint density at radius 3 is 2.05 bits per heavy atom. The van der Waals surface area contributed by atoms with Crippen LogP contribution in [0.5, 0.6) is 0 Å². The van der Waals surface area contributed by atoms with Crippen molar-refractivity contribution in [3.8, 4) is 0 Å². The van der Waals surface area contributed by atoms with Gasteiger partial charge in [-0.1, -0.05) is 20.8 Å². The molecule has 104 valence electrons. The number of carbonyl (C=O) groups excluding carboxylic acids is 2. The van der Waals surface area contributed by atoms with Crippen LogP contribution in [0.15, 0.2) is 0 Å². The highest BCUT2D eigenvalue weighted by atomic mass is 32.1. The van der Waals surface area contributed by atoms with Gasteiger partial charge in [0.2, 0.25) is 0 Å². The van der Waals surface area contributed by atoms with Gasteiger partial charge in [-0.05, 0) is 30.4 Å². The third-order valence-electron chi connectivity index (χ3n) is 3.24. The standard InChI is InChI=1S/C14H18O4S/c1-4-8-9(5-2)13(19-10(8)6-3)14-17-11(15)7-12(16)18-14/h14H,4-7H2,1-3H3. The molecule has 1 saturated heterocycles. The lowest BCUT2D eigenvalue weighted by molar-refractivity contribution is -0.204.